The third kappa shape index (κ3) is 1.84. The van der Waals surface area contributed by atoms with Crippen LogP contribution in [-0.4, -0.2) is 46.3 Å². The van der Waals surface area contributed by atoms with Crippen molar-refractivity contribution >= 4 is 16.9 Å². The first kappa shape index (κ1) is 10.5. The fourth-order valence-electron chi connectivity index (χ4n) is 2.41. The smallest absolute Gasteiger partial charge is 0.160 e. The minimum Gasteiger partial charge on any atom is -0.354 e. The first-order valence-electron chi connectivity index (χ1n) is 5.95. The second-order valence-corrected chi connectivity index (χ2v) is 4.40. The lowest BCUT2D eigenvalue weighted by atomic mass is 10.1. The Balaban J connectivity index is 1.94. The maximum absolute atomic E-state index is 4.40. The lowest BCUT2D eigenvalue weighted by Crippen LogP contribution is -2.44. The number of hydrogen-bond acceptors (Lipinski definition) is 5. The van der Waals surface area contributed by atoms with Crippen molar-refractivity contribution in [2.45, 2.75) is 18.9 Å². The standard InChI is InChI=1S/C11H16N6/c1-12-8-3-2-4-17(6-8)11-9-5-15-16-10(9)13-7-14-11/h5,7-8,12H,2-4,6H2,1H3,(H,13,14,15,16). The van der Waals surface area contributed by atoms with Crippen LogP contribution in [0.25, 0.3) is 11.0 Å². The molecule has 0 saturated carbocycles. The van der Waals surface area contributed by atoms with Gasteiger partial charge in [0.25, 0.3) is 0 Å². The maximum Gasteiger partial charge on any atom is 0.160 e. The van der Waals surface area contributed by atoms with Gasteiger partial charge in [0.2, 0.25) is 0 Å². The summed E-state index contributed by atoms with van der Waals surface area (Å²) in [5.74, 6) is 0.990. The van der Waals surface area contributed by atoms with Gasteiger partial charge in [-0.1, -0.05) is 0 Å². The first-order chi connectivity index (χ1) is 8.38. The van der Waals surface area contributed by atoms with Gasteiger partial charge in [0.15, 0.2) is 5.65 Å². The number of rotatable bonds is 2. The molecule has 0 spiro atoms. The maximum atomic E-state index is 4.40. The SMILES string of the molecule is CNC1CCCN(c2ncnc3[nH]ncc23)C1. The number of hydrogen-bond donors (Lipinski definition) is 2. The molecule has 3 heterocycles. The van der Waals surface area contributed by atoms with Gasteiger partial charge in [0.1, 0.15) is 12.1 Å². The molecule has 0 aromatic carbocycles. The third-order valence-corrected chi connectivity index (χ3v) is 3.36. The number of aromatic amines is 1. The Hall–Kier alpha value is -1.69. The van der Waals surface area contributed by atoms with E-state index in [0.29, 0.717) is 6.04 Å². The summed E-state index contributed by atoms with van der Waals surface area (Å²) in [6.07, 6.45) is 5.81. The minimum absolute atomic E-state index is 0.542. The van der Waals surface area contributed by atoms with Crippen LogP contribution in [0.1, 0.15) is 12.8 Å². The molecular weight excluding hydrogens is 216 g/mol. The van der Waals surface area contributed by atoms with Crippen LogP contribution in [0.3, 0.4) is 0 Å². The molecule has 0 bridgehead atoms. The molecule has 90 valence electrons. The van der Waals surface area contributed by atoms with E-state index in [4.69, 9.17) is 0 Å². The summed E-state index contributed by atoms with van der Waals surface area (Å²) < 4.78 is 0. The summed E-state index contributed by atoms with van der Waals surface area (Å²) in [4.78, 5) is 10.9. The predicted octanol–water partition coefficient (Wildman–Crippen LogP) is 0.541. The van der Waals surface area contributed by atoms with Crippen molar-refractivity contribution in [1.82, 2.24) is 25.5 Å². The molecule has 0 aliphatic carbocycles. The quantitative estimate of drug-likeness (QED) is 0.791. The molecule has 17 heavy (non-hydrogen) atoms. The predicted molar refractivity (Wildman–Crippen MR) is 66.0 cm³/mol. The van der Waals surface area contributed by atoms with E-state index in [1.54, 1.807) is 12.5 Å². The van der Waals surface area contributed by atoms with Crippen molar-refractivity contribution < 1.29 is 0 Å². The van der Waals surface area contributed by atoms with Crippen molar-refractivity contribution in [2.24, 2.45) is 0 Å². The van der Waals surface area contributed by atoms with Crippen LogP contribution in [0.5, 0.6) is 0 Å². The number of likely N-dealkylation sites (N-methyl/N-ethyl adjacent to an activating group) is 1. The Morgan fingerprint density at radius 3 is 3.29 bits per heavy atom. The largest absolute Gasteiger partial charge is 0.354 e. The van der Waals surface area contributed by atoms with Crippen LogP contribution in [0.4, 0.5) is 5.82 Å². The molecule has 1 aliphatic heterocycles. The molecule has 1 fully saturated rings. The summed E-state index contributed by atoms with van der Waals surface area (Å²) in [5, 5.41) is 11.2. The zero-order valence-corrected chi connectivity index (χ0v) is 9.85. The summed E-state index contributed by atoms with van der Waals surface area (Å²) in [6.45, 7) is 2.04. The number of fused-ring (bicyclic) bond motifs is 1. The average molecular weight is 232 g/mol. The number of nitrogens with one attached hydrogen (secondary N) is 2. The molecule has 1 aliphatic rings. The Kier molecular flexibility index (Phi) is 2.64. The summed E-state index contributed by atoms with van der Waals surface area (Å²) in [7, 11) is 2.02. The van der Waals surface area contributed by atoms with Crippen LogP contribution in [-0.2, 0) is 0 Å². The van der Waals surface area contributed by atoms with Gasteiger partial charge < -0.3 is 10.2 Å². The number of piperidine rings is 1. The minimum atomic E-state index is 0.542. The molecular formula is C11H16N6. The summed E-state index contributed by atoms with van der Waals surface area (Å²) in [6, 6.07) is 0.542. The highest BCUT2D eigenvalue weighted by Gasteiger charge is 2.21. The van der Waals surface area contributed by atoms with Gasteiger partial charge in [-0.15, -0.1) is 0 Å². The Morgan fingerprint density at radius 2 is 2.41 bits per heavy atom. The van der Waals surface area contributed by atoms with Crippen molar-refractivity contribution in [3.63, 3.8) is 0 Å². The average Bonchev–Trinajstić information content (AvgIpc) is 2.87. The summed E-state index contributed by atoms with van der Waals surface area (Å²) in [5.41, 5.74) is 0.807. The van der Waals surface area contributed by atoms with Crippen molar-refractivity contribution in [3.05, 3.63) is 12.5 Å². The van der Waals surface area contributed by atoms with Gasteiger partial charge in [0, 0.05) is 19.1 Å². The highest BCUT2D eigenvalue weighted by molar-refractivity contribution is 5.86. The van der Waals surface area contributed by atoms with Gasteiger partial charge >= 0.3 is 0 Å². The molecule has 0 radical (unpaired) electrons. The molecule has 1 saturated heterocycles. The highest BCUT2D eigenvalue weighted by Crippen LogP contribution is 2.24. The molecule has 6 nitrogen and oxygen atoms in total. The number of nitrogens with zero attached hydrogens (tertiary/aromatic N) is 4. The second-order valence-electron chi connectivity index (χ2n) is 4.40. The molecule has 1 atom stereocenters. The van der Waals surface area contributed by atoms with Crippen LogP contribution < -0.4 is 10.2 Å². The van der Waals surface area contributed by atoms with E-state index in [-0.39, 0.29) is 0 Å². The third-order valence-electron chi connectivity index (χ3n) is 3.36. The molecule has 0 amide bonds. The molecule has 2 N–H and O–H groups in total. The summed E-state index contributed by atoms with van der Waals surface area (Å²) >= 11 is 0. The molecule has 2 aromatic rings. The van der Waals surface area contributed by atoms with E-state index in [1.165, 1.54) is 12.8 Å². The van der Waals surface area contributed by atoms with Gasteiger partial charge in [-0.3, -0.25) is 5.10 Å². The van der Waals surface area contributed by atoms with Crippen LogP contribution in [0.2, 0.25) is 0 Å². The van der Waals surface area contributed by atoms with Gasteiger partial charge in [-0.2, -0.15) is 5.10 Å². The van der Waals surface area contributed by atoms with E-state index in [0.717, 1.165) is 29.9 Å². The van der Waals surface area contributed by atoms with Crippen molar-refractivity contribution in [2.75, 3.05) is 25.0 Å². The zero-order valence-electron chi connectivity index (χ0n) is 9.85. The number of H-pyrrole nitrogens is 1. The van der Waals surface area contributed by atoms with Crippen LogP contribution in [0, 0.1) is 0 Å². The lowest BCUT2D eigenvalue weighted by Gasteiger charge is -2.33. The van der Waals surface area contributed by atoms with Crippen molar-refractivity contribution in [3.8, 4) is 0 Å². The van der Waals surface area contributed by atoms with Gasteiger partial charge in [-0.05, 0) is 19.9 Å². The molecule has 2 aromatic heterocycles. The fourth-order valence-corrected chi connectivity index (χ4v) is 2.41. The number of anilines is 1. The van der Waals surface area contributed by atoms with Crippen LogP contribution in [0.15, 0.2) is 12.5 Å². The Morgan fingerprint density at radius 1 is 1.47 bits per heavy atom. The van der Waals surface area contributed by atoms with Crippen LogP contribution >= 0.6 is 0 Å². The lowest BCUT2D eigenvalue weighted by molar-refractivity contribution is 0.448. The van der Waals surface area contributed by atoms with Crippen molar-refractivity contribution in [1.29, 1.82) is 0 Å². The molecule has 1 unspecified atom stereocenters. The zero-order chi connectivity index (χ0) is 11.7. The number of aromatic nitrogens is 4. The highest BCUT2D eigenvalue weighted by atomic mass is 15.2. The van der Waals surface area contributed by atoms with E-state index in [9.17, 15) is 0 Å². The van der Waals surface area contributed by atoms with Gasteiger partial charge in [-0.25, -0.2) is 9.97 Å². The molecule has 6 heteroatoms. The Labute approximate surface area is 99.4 Å². The fraction of sp³-hybridized carbons (Fsp3) is 0.545. The topological polar surface area (TPSA) is 69.7 Å². The first-order valence-corrected chi connectivity index (χ1v) is 5.95. The van der Waals surface area contributed by atoms with E-state index in [2.05, 4.69) is 30.4 Å². The molecule has 3 rings (SSSR count). The van der Waals surface area contributed by atoms with E-state index < -0.39 is 0 Å². The normalized spacial score (nSPS) is 21.0. The van der Waals surface area contributed by atoms with E-state index in [1.807, 2.05) is 7.05 Å². The monoisotopic (exact) mass is 232 g/mol. The Bertz CT molecular complexity index is 507. The van der Waals surface area contributed by atoms with E-state index >= 15 is 0 Å². The van der Waals surface area contributed by atoms with Gasteiger partial charge in [0.05, 0.1) is 11.6 Å². The second kappa shape index (κ2) is 4.29.